The summed E-state index contributed by atoms with van der Waals surface area (Å²) < 4.78 is 14.5. The predicted octanol–water partition coefficient (Wildman–Crippen LogP) is 4.28. The van der Waals surface area contributed by atoms with Gasteiger partial charge >= 0.3 is 0 Å². The van der Waals surface area contributed by atoms with Crippen LogP contribution in [0.3, 0.4) is 0 Å². The van der Waals surface area contributed by atoms with E-state index >= 15 is 0 Å². The van der Waals surface area contributed by atoms with Gasteiger partial charge in [-0.15, -0.1) is 0 Å². The van der Waals surface area contributed by atoms with Crippen molar-refractivity contribution in [2.45, 2.75) is 13.3 Å². The molecule has 0 atom stereocenters. The summed E-state index contributed by atoms with van der Waals surface area (Å²) in [5.41, 5.74) is 3.08. The Bertz CT molecular complexity index is 1150. The maximum atomic E-state index is 14.5. The fraction of sp³-hybridized carbons (Fsp3) is 0.100. The number of ketones is 1. The third-order valence-electron chi connectivity index (χ3n) is 4.25. The third-order valence-corrected chi connectivity index (χ3v) is 4.46. The molecule has 5 nitrogen and oxygen atoms in total. The molecule has 4 rings (SSSR count). The molecule has 0 unspecified atom stereocenters. The number of nitrogens with one attached hydrogen (secondary N) is 1. The van der Waals surface area contributed by atoms with Crippen molar-refractivity contribution in [2.24, 2.45) is 0 Å². The van der Waals surface area contributed by atoms with Crippen molar-refractivity contribution < 1.29 is 9.18 Å². The molecule has 0 aliphatic carbocycles. The highest BCUT2D eigenvalue weighted by Crippen LogP contribution is 2.23. The van der Waals surface area contributed by atoms with Crippen LogP contribution in [-0.2, 0) is 6.42 Å². The van der Waals surface area contributed by atoms with Crippen molar-refractivity contribution in [1.29, 1.82) is 0 Å². The Labute approximate surface area is 159 Å². The van der Waals surface area contributed by atoms with E-state index in [2.05, 4.69) is 19.9 Å². The summed E-state index contributed by atoms with van der Waals surface area (Å²) in [5.74, 6) is -1.28. The number of hydrogen-bond donors (Lipinski definition) is 1. The largest absolute Gasteiger partial charge is 0.345 e. The van der Waals surface area contributed by atoms with Crippen LogP contribution in [0, 0.1) is 12.9 Å². The van der Waals surface area contributed by atoms with Gasteiger partial charge in [-0.05, 0) is 36.8 Å². The molecule has 134 valence electrons. The Kier molecular flexibility index (Phi) is 4.41. The maximum Gasteiger partial charge on any atom is 0.224 e. The number of nitrogens with zero attached hydrogens (tertiary/aromatic N) is 3. The van der Waals surface area contributed by atoms with E-state index in [0.717, 1.165) is 11.3 Å². The zero-order chi connectivity index (χ0) is 19.0. The van der Waals surface area contributed by atoms with Crippen molar-refractivity contribution in [2.75, 3.05) is 0 Å². The second-order valence-corrected chi connectivity index (χ2v) is 6.64. The zero-order valence-electron chi connectivity index (χ0n) is 14.3. The Morgan fingerprint density at radius 3 is 2.74 bits per heavy atom. The fourth-order valence-corrected chi connectivity index (χ4v) is 3.02. The fourth-order valence-electron chi connectivity index (χ4n) is 2.86. The van der Waals surface area contributed by atoms with Gasteiger partial charge in [0.1, 0.15) is 5.65 Å². The zero-order valence-corrected chi connectivity index (χ0v) is 15.1. The summed E-state index contributed by atoms with van der Waals surface area (Å²) in [6.45, 7) is 1.90. The van der Waals surface area contributed by atoms with E-state index in [0.29, 0.717) is 33.7 Å². The lowest BCUT2D eigenvalue weighted by molar-refractivity contribution is 0.103. The first-order valence-corrected chi connectivity index (χ1v) is 8.63. The number of halogens is 2. The highest BCUT2D eigenvalue weighted by molar-refractivity contribution is 6.31. The molecule has 0 saturated heterocycles. The van der Waals surface area contributed by atoms with Gasteiger partial charge < -0.3 is 4.98 Å². The lowest BCUT2D eigenvalue weighted by Crippen LogP contribution is -2.07. The minimum Gasteiger partial charge on any atom is -0.345 e. The molecule has 27 heavy (non-hydrogen) atoms. The minimum atomic E-state index is -0.804. The smallest absolute Gasteiger partial charge is 0.224 e. The van der Waals surface area contributed by atoms with E-state index in [4.69, 9.17) is 11.6 Å². The summed E-state index contributed by atoms with van der Waals surface area (Å²) in [7, 11) is 0. The molecule has 0 aliphatic heterocycles. The number of aromatic nitrogens is 4. The topological polar surface area (TPSA) is 71.5 Å². The van der Waals surface area contributed by atoms with Crippen molar-refractivity contribution >= 4 is 28.4 Å². The van der Waals surface area contributed by atoms with Crippen LogP contribution in [0.15, 0.2) is 48.9 Å². The van der Waals surface area contributed by atoms with Crippen molar-refractivity contribution in [1.82, 2.24) is 19.9 Å². The number of hydrogen-bond acceptors (Lipinski definition) is 4. The van der Waals surface area contributed by atoms with E-state index in [1.807, 2.05) is 19.1 Å². The molecular weight excluding hydrogens is 367 g/mol. The minimum absolute atomic E-state index is 0.0957. The SMILES string of the molecule is Cc1ccc(Cc2ccc(C(=O)c3c[nH]c4ncc(Cl)cc34)c(F)n2)cn1. The Morgan fingerprint density at radius 2 is 2.00 bits per heavy atom. The number of fused-ring (bicyclic) bond motifs is 1. The number of carbonyl (C=O) groups excluding carboxylic acids is 1. The summed E-state index contributed by atoms with van der Waals surface area (Å²) in [4.78, 5) is 28.0. The van der Waals surface area contributed by atoms with Gasteiger partial charge in [0.25, 0.3) is 0 Å². The van der Waals surface area contributed by atoms with Crippen molar-refractivity contribution in [3.63, 3.8) is 0 Å². The molecular formula is C20H14ClFN4O. The Balaban J connectivity index is 1.64. The van der Waals surface area contributed by atoms with E-state index in [1.165, 1.54) is 18.5 Å². The third kappa shape index (κ3) is 3.44. The van der Waals surface area contributed by atoms with Crippen LogP contribution in [0.2, 0.25) is 5.02 Å². The number of carbonyl (C=O) groups is 1. The van der Waals surface area contributed by atoms with Gasteiger partial charge in [-0.25, -0.2) is 9.97 Å². The van der Waals surface area contributed by atoms with Crippen molar-refractivity contribution in [3.05, 3.63) is 88.0 Å². The summed E-state index contributed by atoms with van der Waals surface area (Å²) in [6, 6.07) is 8.54. The highest BCUT2D eigenvalue weighted by Gasteiger charge is 2.19. The molecule has 0 aliphatic rings. The van der Waals surface area contributed by atoms with E-state index < -0.39 is 11.7 Å². The van der Waals surface area contributed by atoms with Crippen LogP contribution in [0.1, 0.15) is 32.9 Å². The first kappa shape index (κ1) is 17.3. The summed E-state index contributed by atoms with van der Waals surface area (Å²) >= 11 is 5.96. The highest BCUT2D eigenvalue weighted by atomic mass is 35.5. The monoisotopic (exact) mass is 380 g/mol. The second kappa shape index (κ2) is 6.89. The number of pyridine rings is 3. The van der Waals surface area contributed by atoms with Gasteiger partial charge in [0.15, 0.2) is 5.78 Å². The molecule has 0 aromatic carbocycles. The average molecular weight is 381 g/mol. The molecule has 4 heterocycles. The van der Waals surface area contributed by atoms with Crippen molar-refractivity contribution in [3.8, 4) is 0 Å². The normalized spacial score (nSPS) is 11.1. The first-order valence-electron chi connectivity index (χ1n) is 8.25. The molecule has 0 radical (unpaired) electrons. The van der Waals surface area contributed by atoms with Gasteiger partial charge in [0, 0.05) is 47.3 Å². The predicted molar refractivity (Wildman–Crippen MR) is 101 cm³/mol. The molecule has 4 aromatic heterocycles. The molecule has 0 bridgehead atoms. The van der Waals surface area contributed by atoms with Crippen LogP contribution >= 0.6 is 11.6 Å². The van der Waals surface area contributed by atoms with Gasteiger partial charge in [-0.1, -0.05) is 17.7 Å². The lowest BCUT2D eigenvalue weighted by Gasteiger charge is -2.05. The molecule has 0 spiro atoms. The molecule has 0 saturated carbocycles. The van der Waals surface area contributed by atoms with Crippen LogP contribution < -0.4 is 0 Å². The molecule has 0 fully saturated rings. The summed E-state index contributed by atoms with van der Waals surface area (Å²) in [5, 5.41) is 0.943. The number of rotatable bonds is 4. The van der Waals surface area contributed by atoms with Crippen LogP contribution in [0.4, 0.5) is 4.39 Å². The van der Waals surface area contributed by atoms with Crippen LogP contribution in [-0.4, -0.2) is 25.7 Å². The van der Waals surface area contributed by atoms with Gasteiger partial charge in [-0.2, -0.15) is 4.39 Å². The van der Waals surface area contributed by atoms with Gasteiger partial charge in [0.2, 0.25) is 5.95 Å². The maximum absolute atomic E-state index is 14.5. The molecule has 1 N–H and O–H groups in total. The van der Waals surface area contributed by atoms with Gasteiger partial charge in [-0.3, -0.25) is 9.78 Å². The van der Waals surface area contributed by atoms with Crippen LogP contribution in [0.5, 0.6) is 0 Å². The molecule has 0 amide bonds. The second-order valence-electron chi connectivity index (χ2n) is 6.21. The Morgan fingerprint density at radius 1 is 1.15 bits per heavy atom. The van der Waals surface area contributed by atoms with E-state index in [9.17, 15) is 9.18 Å². The summed E-state index contributed by atoms with van der Waals surface area (Å²) in [6.07, 6.45) is 5.15. The Hall–Kier alpha value is -3.12. The number of aryl methyl sites for hydroxylation is 1. The molecule has 7 heteroatoms. The number of H-pyrrole nitrogens is 1. The van der Waals surface area contributed by atoms with Crippen LogP contribution in [0.25, 0.3) is 11.0 Å². The molecule has 4 aromatic rings. The van der Waals surface area contributed by atoms with E-state index in [1.54, 1.807) is 18.3 Å². The quantitative estimate of drug-likeness (QED) is 0.424. The average Bonchev–Trinajstić information content (AvgIpc) is 3.06. The first-order chi connectivity index (χ1) is 13.0. The standard InChI is InChI=1S/C20H14ClFN4O/c1-11-2-3-12(8-23-11)6-14-4-5-15(19(22)26-14)18(27)17-10-25-20-16(17)7-13(21)9-24-20/h2-5,7-10H,6H2,1H3,(H,24,25). The van der Waals surface area contributed by atoms with E-state index in [-0.39, 0.29) is 5.56 Å². The van der Waals surface area contributed by atoms with Gasteiger partial charge in [0.05, 0.1) is 10.6 Å². The lowest BCUT2D eigenvalue weighted by atomic mass is 10.0. The number of aromatic amines is 1.